The fourth-order valence-electron chi connectivity index (χ4n) is 2.45. The summed E-state index contributed by atoms with van der Waals surface area (Å²) in [4.78, 5) is 0. The Morgan fingerprint density at radius 1 is 1.10 bits per heavy atom. The lowest BCUT2D eigenvalue weighted by Gasteiger charge is -2.21. The molecule has 3 heteroatoms. The van der Waals surface area contributed by atoms with E-state index < -0.39 is 0 Å². The Labute approximate surface area is 137 Å². The van der Waals surface area contributed by atoms with Crippen molar-refractivity contribution in [3.8, 4) is 0 Å². The number of aryl methyl sites for hydroxylation is 1. The summed E-state index contributed by atoms with van der Waals surface area (Å²) in [5, 5.41) is 5.00. The first-order chi connectivity index (χ1) is 10.1. The van der Waals surface area contributed by atoms with Gasteiger partial charge in [0.25, 0.3) is 0 Å². The van der Waals surface area contributed by atoms with Crippen molar-refractivity contribution in [2.75, 3.05) is 6.54 Å². The first kappa shape index (κ1) is 16.4. The third-order valence-corrected chi connectivity index (χ3v) is 4.23. The molecule has 0 amide bonds. The molecule has 21 heavy (non-hydrogen) atoms. The van der Waals surface area contributed by atoms with E-state index in [0.29, 0.717) is 5.02 Å². The van der Waals surface area contributed by atoms with E-state index in [0.717, 1.165) is 30.0 Å². The van der Waals surface area contributed by atoms with E-state index in [4.69, 9.17) is 23.2 Å². The Balaban J connectivity index is 2.27. The molecule has 2 aromatic carbocycles. The van der Waals surface area contributed by atoms with Crippen LogP contribution in [0.25, 0.3) is 0 Å². The molecule has 1 atom stereocenters. The molecule has 112 valence electrons. The van der Waals surface area contributed by atoms with Crippen LogP contribution < -0.4 is 5.32 Å². The van der Waals surface area contributed by atoms with Gasteiger partial charge in [0, 0.05) is 16.1 Å². The number of halogens is 2. The summed E-state index contributed by atoms with van der Waals surface area (Å²) in [5.74, 6) is 0. The van der Waals surface area contributed by atoms with E-state index in [9.17, 15) is 0 Å². The van der Waals surface area contributed by atoms with Crippen LogP contribution in [-0.4, -0.2) is 6.54 Å². The fourth-order valence-corrected chi connectivity index (χ4v) is 2.99. The highest BCUT2D eigenvalue weighted by Crippen LogP contribution is 2.29. The van der Waals surface area contributed by atoms with Crippen LogP contribution in [0.4, 0.5) is 0 Å². The molecule has 1 unspecified atom stereocenters. The smallest absolute Gasteiger partial charge is 0.0468 e. The van der Waals surface area contributed by atoms with E-state index in [1.54, 1.807) is 0 Å². The lowest BCUT2D eigenvalue weighted by molar-refractivity contribution is 0.528. The topological polar surface area (TPSA) is 12.0 Å². The molecular weight excluding hydrogens is 301 g/mol. The molecule has 1 N–H and O–H groups in total. The number of hydrogen-bond donors (Lipinski definition) is 1. The van der Waals surface area contributed by atoms with Gasteiger partial charge in [-0.25, -0.2) is 0 Å². The van der Waals surface area contributed by atoms with E-state index >= 15 is 0 Å². The molecule has 2 rings (SSSR count). The lowest BCUT2D eigenvalue weighted by Crippen LogP contribution is -2.24. The average molecular weight is 322 g/mol. The average Bonchev–Trinajstić information content (AvgIpc) is 2.46. The molecule has 0 bridgehead atoms. The minimum atomic E-state index is 0.204. The van der Waals surface area contributed by atoms with Crippen LogP contribution in [0, 0.1) is 6.92 Å². The second-order valence-electron chi connectivity index (χ2n) is 5.30. The van der Waals surface area contributed by atoms with E-state index in [1.807, 2.05) is 18.2 Å². The quantitative estimate of drug-likeness (QED) is 0.731. The fraction of sp³-hybridized carbons (Fsp3) is 0.333. The normalized spacial score (nSPS) is 12.4. The SMILES string of the molecule is CCCNC(Cc1ccccc1C)c1ccc(Cl)cc1Cl. The standard InChI is InChI=1S/C18H21Cl2N/c1-3-10-21-18(11-14-7-5-4-6-13(14)2)16-9-8-15(19)12-17(16)20/h4-9,12,18,21H,3,10-11H2,1-2H3. The third kappa shape index (κ3) is 4.47. The number of hydrogen-bond acceptors (Lipinski definition) is 1. The Morgan fingerprint density at radius 2 is 1.86 bits per heavy atom. The molecule has 0 radical (unpaired) electrons. The number of nitrogens with one attached hydrogen (secondary N) is 1. The van der Waals surface area contributed by atoms with Gasteiger partial charge in [-0.2, -0.15) is 0 Å². The molecule has 0 heterocycles. The molecule has 1 nitrogen and oxygen atoms in total. The summed E-state index contributed by atoms with van der Waals surface area (Å²) < 4.78 is 0. The maximum Gasteiger partial charge on any atom is 0.0468 e. The van der Waals surface area contributed by atoms with Gasteiger partial charge < -0.3 is 5.32 Å². The van der Waals surface area contributed by atoms with Crippen LogP contribution in [0.1, 0.15) is 36.1 Å². The van der Waals surface area contributed by atoms with Crippen molar-refractivity contribution < 1.29 is 0 Å². The Hall–Kier alpha value is -1.02. The van der Waals surface area contributed by atoms with Gasteiger partial charge in [-0.3, -0.25) is 0 Å². The second kappa shape index (κ2) is 7.84. The second-order valence-corrected chi connectivity index (χ2v) is 6.15. The molecule has 0 aliphatic rings. The van der Waals surface area contributed by atoms with Crippen molar-refractivity contribution in [1.29, 1.82) is 0 Å². The molecule has 0 aliphatic carbocycles. The zero-order valence-corrected chi connectivity index (χ0v) is 14.0. The van der Waals surface area contributed by atoms with Crippen LogP contribution in [-0.2, 0) is 6.42 Å². The maximum absolute atomic E-state index is 6.38. The summed E-state index contributed by atoms with van der Waals surface area (Å²) in [6.07, 6.45) is 2.02. The summed E-state index contributed by atoms with van der Waals surface area (Å²) in [5.41, 5.74) is 3.76. The van der Waals surface area contributed by atoms with Crippen molar-refractivity contribution in [3.63, 3.8) is 0 Å². The van der Waals surface area contributed by atoms with Crippen LogP contribution in [0.2, 0.25) is 10.0 Å². The van der Waals surface area contributed by atoms with Crippen molar-refractivity contribution in [2.24, 2.45) is 0 Å². The first-order valence-electron chi connectivity index (χ1n) is 7.34. The van der Waals surface area contributed by atoms with Crippen LogP contribution in [0.5, 0.6) is 0 Å². The van der Waals surface area contributed by atoms with Gasteiger partial charge in [0.2, 0.25) is 0 Å². The Bertz CT molecular complexity index is 596. The number of rotatable bonds is 6. The van der Waals surface area contributed by atoms with Crippen LogP contribution >= 0.6 is 23.2 Å². The van der Waals surface area contributed by atoms with Gasteiger partial charge in [-0.1, -0.05) is 60.5 Å². The Kier molecular flexibility index (Phi) is 6.10. The predicted octanol–water partition coefficient (Wildman–Crippen LogP) is 5.59. The zero-order chi connectivity index (χ0) is 15.2. The van der Waals surface area contributed by atoms with Crippen molar-refractivity contribution in [3.05, 3.63) is 69.2 Å². The van der Waals surface area contributed by atoms with E-state index in [-0.39, 0.29) is 6.04 Å². The molecule has 0 saturated heterocycles. The summed E-state index contributed by atoms with van der Waals surface area (Å²) in [7, 11) is 0. The molecule has 0 aromatic heterocycles. The van der Waals surface area contributed by atoms with E-state index in [1.165, 1.54) is 11.1 Å². The summed E-state index contributed by atoms with van der Waals surface area (Å²) in [6.45, 7) is 5.28. The van der Waals surface area contributed by atoms with Crippen molar-refractivity contribution >= 4 is 23.2 Å². The van der Waals surface area contributed by atoms with Gasteiger partial charge in [-0.05, 0) is 55.1 Å². The number of benzene rings is 2. The largest absolute Gasteiger partial charge is 0.310 e. The summed E-state index contributed by atoms with van der Waals surface area (Å²) >= 11 is 12.4. The lowest BCUT2D eigenvalue weighted by atomic mass is 9.96. The van der Waals surface area contributed by atoms with Crippen molar-refractivity contribution in [2.45, 2.75) is 32.7 Å². The predicted molar refractivity (Wildman–Crippen MR) is 92.4 cm³/mol. The first-order valence-corrected chi connectivity index (χ1v) is 8.10. The molecule has 0 saturated carbocycles. The zero-order valence-electron chi connectivity index (χ0n) is 12.5. The molecular formula is C18H21Cl2N. The molecule has 0 aliphatic heterocycles. The minimum Gasteiger partial charge on any atom is -0.310 e. The molecule has 0 spiro atoms. The minimum absolute atomic E-state index is 0.204. The van der Waals surface area contributed by atoms with E-state index in [2.05, 4.69) is 43.4 Å². The van der Waals surface area contributed by atoms with Crippen molar-refractivity contribution in [1.82, 2.24) is 5.32 Å². The molecule has 2 aromatic rings. The summed E-state index contributed by atoms with van der Waals surface area (Å²) in [6, 6.07) is 14.4. The highest BCUT2D eigenvalue weighted by atomic mass is 35.5. The monoisotopic (exact) mass is 321 g/mol. The maximum atomic E-state index is 6.38. The highest BCUT2D eigenvalue weighted by molar-refractivity contribution is 6.35. The third-order valence-electron chi connectivity index (χ3n) is 3.66. The van der Waals surface area contributed by atoms with Gasteiger partial charge >= 0.3 is 0 Å². The molecule has 0 fully saturated rings. The van der Waals surface area contributed by atoms with Gasteiger partial charge in [0.1, 0.15) is 0 Å². The van der Waals surface area contributed by atoms with Gasteiger partial charge in [-0.15, -0.1) is 0 Å². The van der Waals surface area contributed by atoms with Gasteiger partial charge in [0.05, 0.1) is 0 Å². The van der Waals surface area contributed by atoms with Crippen LogP contribution in [0.15, 0.2) is 42.5 Å². The highest BCUT2D eigenvalue weighted by Gasteiger charge is 2.16. The van der Waals surface area contributed by atoms with Crippen LogP contribution in [0.3, 0.4) is 0 Å². The van der Waals surface area contributed by atoms with Gasteiger partial charge in [0.15, 0.2) is 0 Å². The Morgan fingerprint density at radius 3 is 2.52 bits per heavy atom.